The fourth-order valence-corrected chi connectivity index (χ4v) is 11.3. The number of hydrogen-bond donors (Lipinski definition) is 9. The summed E-state index contributed by atoms with van der Waals surface area (Å²) >= 11 is 0. The van der Waals surface area contributed by atoms with Gasteiger partial charge in [0.1, 0.15) is 48.8 Å². The molecule has 0 aromatic heterocycles. The summed E-state index contributed by atoms with van der Waals surface area (Å²) in [5.41, 5.74) is 0. The number of ether oxygens (including phenoxy) is 4. The third-order valence-corrected chi connectivity index (χ3v) is 17.0. The Morgan fingerprint density at radius 2 is 0.775 bits per heavy atom. The summed E-state index contributed by atoms with van der Waals surface area (Å²) in [4.78, 5) is 13.3. The van der Waals surface area contributed by atoms with E-state index in [1.165, 1.54) is 167 Å². The first-order valence-electron chi connectivity index (χ1n) is 36.0. The van der Waals surface area contributed by atoms with Crippen LogP contribution in [-0.2, 0) is 23.7 Å². The molecule has 514 valence electrons. The van der Waals surface area contributed by atoms with Crippen molar-refractivity contribution in [3.05, 3.63) is 97.2 Å². The molecule has 89 heavy (non-hydrogen) atoms. The van der Waals surface area contributed by atoms with E-state index in [4.69, 9.17) is 18.9 Å². The number of rotatable bonds is 58. The highest BCUT2D eigenvalue weighted by Crippen LogP contribution is 2.30. The fourth-order valence-electron chi connectivity index (χ4n) is 11.3. The van der Waals surface area contributed by atoms with Gasteiger partial charge in [-0.15, -0.1) is 0 Å². The van der Waals surface area contributed by atoms with Crippen molar-refractivity contribution < 1.29 is 64.6 Å². The summed E-state index contributed by atoms with van der Waals surface area (Å²) in [7, 11) is 0. The predicted molar refractivity (Wildman–Crippen MR) is 364 cm³/mol. The molecule has 12 atom stereocenters. The number of carbonyl (C=O) groups excluding carboxylic acids is 1. The van der Waals surface area contributed by atoms with Crippen molar-refractivity contribution >= 4 is 5.91 Å². The van der Waals surface area contributed by atoms with Gasteiger partial charge in [-0.1, -0.05) is 291 Å². The second-order valence-electron chi connectivity index (χ2n) is 25.0. The van der Waals surface area contributed by atoms with Gasteiger partial charge in [0, 0.05) is 6.42 Å². The largest absolute Gasteiger partial charge is 0.394 e. The Hall–Kier alpha value is -3.09. The van der Waals surface area contributed by atoms with Crippen LogP contribution in [-0.4, -0.2) is 140 Å². The van der Waals surface area contributed by atoms with Crippen LogP contribution in [0.3, 0.4) is 0 Å². The molecule has 2 aliphatic heterocycles. The molecule has 1 amide bonds. The zero-order chi connectivity index (χ0) is 64.5. The second-order valence-corrected chi connectivity index (χ2v) is 25.0. The van der Waals surface area contributed by atoms with Crippen molar-refractivity contribution in [1.29, 1.82) is 0 Å². The lowest BCUT2D eigenvalue weighted by molar-refractivity contribution is -0.359. The van der Waals surface area contributed by atoms with Crippen LogP contribution in [0.4, 0.5) is 0 Å². The molecule has 0 saturated carbocycles. The number of amides is 1. The van der Waals surface area contributed by atoms with Gasteiger partial charge in [-0.3, -0.25) is 4.79 Å². The van der Waals surface area contributed by atoms with Crippen LogP contribution in [0.5, 0.6) is 0 Å². The zero-order valence-corrected chi connectivity index (χ0v) is 55.9. The minimum Gasteiger partial charge on any atom is -0.394 e. The normalized spacial score (nSPS) is 23.6. The van der Waals surface area contributed by atoms with Crippen LogP contribution in [0.25, 0.3) is 0 Å². The molecular formula is C75H131NO13. The summed E-state index contributed by atoms with van der Waals surface area (Å²) in [5, 5.41) is 87.5. The van der Waals surface area contributed by atoms with Crippen LogP contribution >= 0.6 is 0 Å². The maximum Gasteiger partial charge on any atom is 0.220 e. The maximum absolute atomic E-state index is 13.3. The standard InChI is InChI=1S/C75H131NO13/c1-3-5-7-9-11-13-15-17-19-21-23-25-27-29-30-31-32-33-35-36-38-40-42-44-46-48-50-52-54-56-58-64(79)63(62-86-74-72(85)70(83)73(66(61-78)88-74)89-75-71(84)69(82)68(81)65(60-77)87-75)76-67(80)59-57-55-53-51-49-47-45-43-41-39-37-34-28-26-24-22-20-18-16-14-12-10-8-6-4-2/h6,8,12,14,18,20,24,26,34,37,41,43,47,49,56,58,63-66,68-75,77-79,81-85H,3-5,7,9-11,13,15-17,19,21-23,25,27-33,35-36,38-40,42,44-46,48,50-55,57,59-62H2,1-2H3,(H,76,80)/b8-6-,14-12-,20-18-,26-24-,37-34-,43-41-,49-47-,58-56+. The molecule has 2 rings (SSSR count). The maximum atomic E-state index is 13.3. The van der Waals surface area contributed by atoms with Gasteiger partial charge >= 0.3 is 0 Å². The molecule has 2 fully saturated rings. The predicted octanol–water partition coefficient (Wildman–Crippen LogP) is 15.0. The molecule has 2 heterocycles. The van der Waals surface area contributed by atoms with Gasteiger partial charge in [-0.2, -0.15) is 0 Å². The first kappa shape index (κ1) is 82.0. The van der Waals surface area contributed by atoms with E-state index in [9.17, 15) is 45.6 Å². The van der Waals surface area contributed by atoms with Gasteiger partial charge in [0.05, 0.1) is 32.0 Å². The summed E-state index contributed by atoms with van der Waals surface area (Å²) < 4.78 is 22.8. The zero-order valence-electron chi connectivity index (χ0n) is 55.9. The quantitative estimate of drug-likeness (QED) is 0.0204. The van der Waals surface area contributed by atoms with E-state index < -0.39 is 86.8 Å². The van der Waals surface area contributed by atoms with E-state index >= 15 is 0 Å². The van der Waals surface area contributed by atoms with E-state index in [-0.39, 0.29) is 18.9 Å². The molecule has 9 N–H and O–H groups in total. The number of allylic oxidation sites excluding steroid dienone is 15. The number of hydrogen-bond acceptors (Lipinski definition) is 13. The molecule has 12 unspecified atom stereocenters. The molecule has 14 nitrogen and oxygen atoms in total. The van der Waals surface area contributed by atoms with Crippen LogP contribution in [0.15, 0.2) is 97.2 Å². The van der Waals surface area contributed by atoms with Crippen molar-refractivity contribution in [2.75, 3.05) is 19.8 Å². The van der Waals surface area contributed by atoms with E-state index in [1.54, 1.807) is 6.08 Å². The van der Waals surface area contributed by atoms with Gasteiger partial charge in [0.25, 0.3) is 0 Å². The first-order chi connectivity index (χ1) is 43.6. The molecule has 0 aliphatic carbocycles. The molecule has 2 aliphatic rings. The number of aliphatic hydroxyl groups is 8. The summed E-state index contributed by atoms with van der Waals surface area (Å²) in [6, 6.07) is -0.942. The van der Waals surface area contributed by atoms with Crippen molar-refractivity contribution in [2.24, 2.45) is 0 Å². The fraction of sp³-hybridized carbons (Fsp3) is 0.773. The van der Waals surface area contributed by atoms with Gasteiger partial charge in [-0.05, 0) is 77.0 Å². The highest BCUT2D eigenvalue weighted by Gasteiger charge is 2.51. The van der Waals surface area contributed by atoms with Crippen molar-refractivity contribution in [3.63, 3.8) is 0 Å². The van der Waals surface area contributed by atoms with E-state index in [0.29, 0.717) is 6.42 Å². The molecule has 0 radical (unpaired) electrons. The average Bonchev–Trinajstić information content (AvgIpc) is 1.37. The van der Waals surface area contributed by atoms with E-state index in [2.05, 4.69) is 104 Å². The topological polar surface area (TPSA) is 228 Å². The molecular weight excluding hydrogens is 1120 g/mol. The Balaban J connectivity index is 1.70. The van der Waals surface area contributed by atoms with Gasteiger partial charge in [0.15, 0.2) is 12.6 Å². The Kier molecular flexibility index (Phi) is 54.1. The van der Waals surface area contributed by atoms with Crippen molar-refractivity contribution in [1.82, 2.24) is 5.32 Å². The van der Waals surface area contributed by atoms with E-state index in [1.807, 2.05) is 6.08 Å². The number of unbranched alkanes of at least 4 members (excludes halogenated alkanes) is 31. The Morgan fingerprint density at radius 3 is 1.19 bits per heavy atom. The third-order valence-electron chi connectivity index (χ3n) is 17.0. The minimum atomic E-state index is -1.80. The molecule has 0 aromatic carbocycles. The highest BCUT2D eigenvalue weighted by molar-refractivity contribution is 5.76. The van der Waals surface area contributed by atoms with Gasteiger partial charge in [-0.25, -0.2) is 0 Å². The molecule has 2 saturated heterocycles. The van der Waals surface area contributed by atoms with Crippen molar-refractivity contribution in [3.8, 4) is 0 Å². The second kappa shape index (κ2) is 58.7. The Morgan fingerprint density at radius 1 is 0.416 bits per heavy atom. The lowest BCUT2D eigenvalue weighted by Crippen LogP contribution is -2.65. The number of aliphatic hydroxyl groups excluding tert-OH is 8. The minimum absolute atomic E-state index is 0.236. The van der Waals surface area contributed by atoms with Gasteiger partial charge < -0.3 is 65.1 Å². The molecule has 14 heteroatoms. The van der Waals surface area contributed by atoms with Crippen LogP contribution in [0, 0.1) is 0 Å². The van der Waals surface area contributed by atoms with Crippen LogP contribution < -0.4 is 5.32 Å². The van der Waals surface area contributed by atoms with E-state index in [0.717, 1.165) is 83.5 Å². The first-order valence-corrected chi connectivity index (χ1v) is 36.0. The number of nitrogens with one attached hydrogen (secondary N) is 1. The third kappa shape index (κ3) is 42.7. The molecule has 0 bridgehead atoms. The average molecular weight is 1250 g/mol. The molecule has 0 aromatic rings. The van der Waals surface area contributed by atoms with Crippen LogP contribution in [0.1, 0.15) is 277 Å². The smallest absolute Gasteiger partial charge is 0.220 e. The SMILES string of the molecule is CC/C=C\C/C=C\C/C=C\C/C=C\C/C=C\C/C=C\C/C=C\CCCCCC(=O)NC(COC1OC(CO)C(OC2OC(CO)C(O)C(O)C2O)C(O)C1O)C(O)/C=C/CCCCCCCCCCCCCCCCCCCCCCCCCCCCCC. The lowest BCUT2D eigenvalue weighted by atomic mass is 9.97. The highest BCUT2D eigenvalue weighted by atomic mass is 16.7. The summed E-state index contributed by atoms with van der Waals surface area (Å²) in [6.07, 6.45) is 66.1. The lowest BCUT2D eigenvalue weighted by Gasteiger charge is -2.46. The monoisotopic (exact) mass is 1250 g/mol. The Labute approximate surface area is 541 Å². The van der Waals surface area contributed by atoms with Crippen LogP contribution in [0.2, 0.25) is 0 Å². The van der Waals surface area contributed by atoms with Crippen molar-refractivity contribution in [2.45, 2.75) is 351 Å². The summed E-state index contributed by atoms with van der Waals surface area (Å²) in [6.45, 7) is 2.68. The Bertz CT molecular complexity index is 1860. The summed E-state index contributed by atoms with van der Waals surface area (Å²) in [5.74, 6) is -0.272. The molecule has 0 spiro atoms. The number of carbonyl (C=O) groups is 1. The van der Waals surface area contributed by atoms with Gasteiger partial charge in [0.2, 0.25) is 5.91 Å².